The first-order chi connectivity index (χ1) is 35.8. The van der Waals surface area contributed by atoms with E-state index in [4.69, 9.17) is 18.9 Å². The number of nitrogens with one attached hydrogen (secondary N) is 1. The number of benzene rings is 1. The number of aromatic hydroxyl groups is 2. The Morgan fingerprint density at radius 2 is 1.00 bits per heavy atom. The van der Waals surface area contributed by atoms with Crippen molar-refractivity contribution < 1.29 is 53.1 Å². The number of fused-ring (bicyclic) bond motifs is 2. The first-order valence-electron chi connectivity index (χ1n) is 23.1. The molecular formula is C52H54I4N8O11. The molecule has 0 aliphatic heterocycles. The zero-order valence-electron chi connectivity index (χ0n) is 42.0. The molecule has 1 amide bonds. The number of esters is 4. The average Bonchev–Trinajstić information content (AvgIpc) is 3.38. The van der Waals surface area contributed by atoms with Crippen molar-refractivity contribution in [2.24, 2.45) is 0 Å². The highest BCUT2D eigenvalue weighted by Crippen LogP contribution is 2.28. The first-order valence-corrected chi connectivity index (χ1v) is 27.4. The largest absolute Gasteiger partial charge is 0.505 e. The van der Waals surface area contributed by atoms with Gasteiger partial charge in [0.15, 0.2) is 22.9 Å². The molecule has 6 aromatic heterocycles. The Kier molecular flexibility index (Phi) is 26.0. The summed E-state index contributed by atoms with van der Waals surface area (Å²) in [4.78, 5) is 85.1. The summed E-state index contributed by atoms with van der Waals surface area (Å²) in [6.07, 6.45) is 10.4. The van der Waals surface area contributed by atoms with E-state index in [0.717, 1.165) is 37.5 Å². The predicted octanol–water partition coefficient (Wildman–Crippen LogP) is 9.58. The maximum absolute atomic E-state index is 12.3. The maximum Gasteiger partial charge on any atom is 0.360 e. The van der Waals surface area contributed by atoms with Crippen molar-refractivity contribution in [3.05, 3.63) is 145 Å². The molecule has 0 bridgehead atoms. The molecule has 0 saturated carbocycles. The second kappa shape index (κ2) is 31.5. The number of ether oxygens (including phenoxy) is 4. The molecule has 3 N–H and O–H groups in total. The van der Waals surface area contributed by atoms with E-state index in [2.05, 4.69) is 126 Å². The van der Waals surface area contributed by atoms with Crippen LogP contribution in [-0.2, 0) is 43.3 Å². The molecule has 0 spiro atoms. The Morgan fingerprint density at radius 1 is 0.560 bits per heavy atom. The molecule has 23 heteroatoms. The number of nitrogens with zero attached hydrogens (tertiary/aromatic N) is 7. The minimum Gasteiger partial charge on any atom is -0.505 e. The summed E-state index contributed by atoms with van der Waals surface area (Å²) in [6.45, 7) is 13.2. The third kappa shape index (κ3) is 19.2. The summed E-state index contributed by atoms with van der Waals surface area (Å²) in [5.41, 5.74) is 5.56. The van der Waals surface area contributed by atoms with Gasteiger partial charge in [-0.05, 0) is 168 Å². The molecule has 396 valence electrons. The van der Waals surface area contributed by atoms with Crippen molar-refractivity contribution in [3.8, 4) is 11.5 Å². The maximum atomic E-state index is 12.3. The van der Waals surface area contributed by atoms with Gasteiger partial charge >= 0.3 is 23.9 Å². The Morgan fingerprint density at radius 3 is 1.51 bits per heavy atom. The third-order valence-electron chi connectivity index (χ3n) is 9.94. The standard InChI is InChI=1S/C17H14IN3O2.C14H19IN2O4.C11H9IN2O3.C10H12INO2/c1-10-2-4-11(5-3-10)7-21-17(23)15-16(22)13-6-12(18)8-19-14(13)9-20-15;1-4-20-13(18)9-17(3)8-12-11(14(19)21-5-2)6-10(15)7-16-12;1-2-17-11(16)9-10(15)7-3-6(12)4-13-8(7)5-14-9;1-3-9-8(10(13)14-4-2)5-7(11)6-12-9/h2-6,8-9,22H,7H2,1H3,(H,21,23);6-7H,4-5,8-9H2,1-3H3;3-5,15H,2H2,1H3;5-6H,3-4H2,1-2H3. The topological polar surface area (TPSA) is 255 Å². The lowest BCUT2D eigenvalue weighted by Crippen LogP contribution is -2.28. The van der Waals surface area contributed by atoms with Gasteiger partial charge in [-0.25, -0.2) is 24.4 Å². The number of pyridine rings is 6. The zero-order valence-corrected chi connectivity index (χ0v) is 50.6. The molecule has 0 atom stereocenters. The van der Waals surface area contributed by atoms with E-state index in [1.165, 1.54) is 12.4 Å². The Labute approximate surface area is 488 Å². The molecule has 7 aromatic rings. The fraction of sp³-hybridized carbons (Fsp3) is 0.288. The number of amides is 1. The summed E-state index contributed by atoms with van der Waals surface area (Å²) >= 11 is 8.41. The number of rotatable bonds is 15. The SMILES string of the molecule is CCOC(=O)CN(C)Cc1ncc(I)cc1C(=O)OCC.CCOC(=O)c1cc(I)cnc1CC.CCOC(=O)c1ncc2ncc(I)cc2c1O.Cc1ccc(CNC(=O)c2ncc3ncc(I)cc3c2O)cc1. The lowest BCUT2D eigenvalue weighted by atomic mass is 10.1. The van der Waals surface area contributed by atoms with E-state index in [9.17, 15) is 34.2 Å². The predicted molar refractivity (Wildman–Crippen MR) is 314 cm³/mol. The van der Waals surface area contributed by atoms with Crippen LogP contribution in [0.5, 0.6) is 11.5 Å². The van der Waals surface area contributed by atoms with Crippen LogP contribution in [0.4, 0.5) is 0 Å². The third-order valence-corrected chi connectivity index (χ3v) is 12.3. The van der Waals surface area contributed by atoms with Crippen LogP contribution in [0.3, 0.4) is 0 Å². The highest BCUT2D eigenvalue weighted by atomic mass is 127. The van der Waals surface area contributed by atoms with Gasteiger partial charge in [0.2, 0.25) is 0 Å². The lowest BCUT2D eigenvalue weighted by molar-refractivity contribution is -0.144. The molecule has 0 fully saturated rings. The van der Waals surface area contributed by atoms with Gasteiger partial charge in [-0.2, -0.15) is 0 Å². The average molecular weight is 1470 g/mol. The van der Waals surface area contributed by atoms with Crippen LogP contribution in [0.25, 0.3) is 21.8 Å². The van der Waals surface area contributed by atoms with Crippen LogP contribution in [0.2, 0.25) is 0 Å². The van der Waals surface area contributed by atoms with Gasteiger partial charge in [-0.15, -0.1) is 0 Å². The molecule has 0 aliphatic carbocycles. The summed E-state index contributed by atoms with van der Waals surface area (Å²) in [6, 6.07) is 14.9. The second-order valence-electron chi connectivity index (χ2n) is 15.5. The molecule has 0 saturated heterocycles. The molecular weight excluding hydrogens is 1420 g/mol. The van der Waals surface area contributed by atoms with Crippen LogP contribution < -0.4 is 5.32 Å². The van der Waals surface area contributed by atoms with Gasteiger partial charge in [-0.3, -0.25) is 34.4 Å². The Balaban J connectivity index is 0.000000220. The molecule has 0 unspecified atom stereocenters. The van der Waals surface area contributed by atoms with Crippen molar-refractivity contribution >= 4 is 142 Å². The van der Waals surface area contributed by atoms with Gasteiger partial charge in [-0.1, -0.05) is 36.8 Å². The highest BCUT2D eigenvalue weighted by Gasteiger charge is 2.20. The van der Waals surface area contributed by atoms with Crippen molar-refractivity contribution in [2.45, 2.75) is 61.1 Å². The number of likely N-dealkylation sites (N-methyl/N-ethyl adjacent to an activating group) is 1. The van der Waals surface area contributed by atoms with E-state index in [-0.39, 0.29) is 48.0 Å². The summed E-state index contributed by atoms with van der Waals surface area (Å²) in [5.74, 6) is -2.36. The number of halogens is 4. The van der Waals surface area contributed by atoms with Crippen LogP contribution in [0.15, 0.2) is 85.7 Å². The molecule has 0 aliphatic rings. The molecule has 75 heavy (non-hydrogen) atoms. The Hall–Kier alpha value is -5.53. The molecule has 1 aromatic carbocycles. The van der Waals surface area contributed by atoms with Crippen LogP contribution >= 0.6 is 90.4 Å². The number of aromatic nitrogens is 6. The van der Waals surface area contributed by atoms with E-state index >= 15 is 0 Å². The fourth-order valence-electron chi connectivity index (χ4n) is 6.45. The number of hydrogen-bond acceptors (Lipinski definition) is 18. The zero-order chi connectivity index (χ0) is 55.2. The van der Waals surface area contributed by atoms with Crippen molar-refractivity contribution in [3.63, 3.8) is 0 Å². The van der Waals surface area contributed by atoms with Crippen molar-refractivity contribution in [1.82, 2.24) is 40.1 Å². The minimum absolute atomic E-state index is 0.00779. The number of hydrogen-bond donors (Lipinski definition) is 3. The number of aryl methyl sites for hydroxylation is 2. The van der Waals surface area contributed by atoms with E-state index in [0.29, 0.717) is 71.5 Å². The summed E-state index contributed by atoms with van der Waals surface area (Å²) < 4.78 is 23.2. The van der Waals surface area contributed by atoms with Gasteiger partial charge in [0.1, 0.15) is 0 Å². The van der Waals surface area contributed by atoms with Gasteiger partial charge < -0.3 is 34.5 Å². The smallest absolute Gasteiger partial charge is 0.360 e. The van der Waals surface area contributed by atoms with Crippen molar-refractivity contribution in [1.29, 1.82) is 0 Å². The fourth-order valence-corrected chi connectivity index (χ4v) is 8.26. The molecule has 0 radical (unpaired) electrons. The minimum atomic E-state index is -0.634. The highest BCUT2D eigenvalue weighted by molar-refractivity contribution is 14.1. The molecule has 19 nitrogen and oxygen atoms in total. The molecule has 6 heterocycles. The van der Waals surface area contributed by atoms with E-state index in [1.54, 1.807) is 82.6 Å². The Bertz CT molecular complexity index is 3110. The normalized spacial score (nSPS) is 10.5. The van der Waals surface area contributed by atoms with Crippen molar-refractivity contribution in [2.75, 3.05) is 40.0 Å². The lowest BCUT2D eigenvalue weighted by Gasteiger charge is -2.16. The molecule has 7 rings (SSSR count). The monoisotopic (exact) mass is 1470 g/mol. The number of carbonyl (C=O) groups is 5. The second-order valence-corrected chi connectivity index (χ2v) is 20.5. The van der Waals surface area contributed by atoms with Gasteiger partial charge in [0.25, 0.3) is 5.91 Å². The van der Waals surface area contributed by atoms with E-state index in [1.807, 2.05) is 44.2 Å². The number of carbonyl (C=O) groups excluding carboxylic acids is 5. The summed E-state index contributed by atoms with van der Waals surface area (Å²) in [5, 5.41) is 24.1. The van der Waals surface area contributed by atoms with Crippen LogP contribution in [-0.4, -0.2) is 115 Å². The van der Waals surface area contributed by atoms with E-state index < -0.39 is 17.8 Å². The van der Waals surface area contributed by atoms with Crippen LogP contribution in [0.1, 0.15) is 98.8 Å². The quantitative estimate of drug-likeness (QED) is 0.0490. The first kappa shape index (κ1) is 62.0. The van der Waals surface area contributed by atoms with Crippen LogP contribution in [0, 0.1) is 21.2 Å². The summed E-state index contributed by atoms with van der Waals surface area (Å²) in [7, 11) is 1.77. The van der Waals surface area contributed by atoms with Gasteiger partial charge in [0.05, 0.1) is 78.9 Å². The van der Waals surface area contributed by atoms with Gasteiger partial charge in [0, 0.05) is 62.9 Å².